The summed E-state index contributed by atoms with van der Waals surface area (Å²) in [6.07, 6.45) is 0.488. The molecule has 208 valence electrons. The van der Waals surface area contributed by atoms with Crippen LogP contribution in [0.4, 0.5) is 0 Å². The highest BCUT2D eigenvalue weighted by molar-refractivity contribution is 7.89. The Morgan fingerprint density at radius 3 is 2.55 bits per heavy atom. The van der Waals surface area contributed by atoms with Crippen molar-refractivity contribution < 1.29 is 27.8 Å². The number of piperidine rings is 1. The number of halogens is 1. The number of β-amino-alcohol motifs (C(OH)–C–C–N with tert-alkyl or cyclic N) is 1. The number of hydrogen-bond acceptors (Lipinski definition) is 7. The Hall–Kier alpha value is -2.21. The first kappa shape index (κ1) is 28.8. The molecule has 1 fully saturated rings. The van der Waals surface area contributed by atoms with Crippen LogP contribution in [0.1, 0.15) is 19.8 Å². The molecule has 1 atom stereocenters. The maximum absolute atomic E-state index is 13.2. The molecule has 11 heteroatoms. The van der Waals surface area contributed by atoms with E-state index in [-0.39, 0.29) is 41.7 Å². The molecule has 1 unspecified atom stereocenters. The van der Waals surface area contributed by atoms with Crippen molar-refractivity contribution in [3.63, 3.8) is 0 Å². The summed E-state index contributed by atoms with van der Waals surface area (Å²) in [5, 5.41) is 11.2. The molecule has 2 aliphatic heterocycles. The molecular formula is C27H36ClN3O6S. The molecule has 0 saturated carbocycles. The second-order valence-electron chi connectivity index (χ2n) is 10.2. The molecular weight excluding hydrogens is 530 g/mol. The molecule has 4 rings (SSSR count). The van der Waals surface area contributed by atoms with Crippen molar-refractivity contribution in [1.29, 1.82) is 0 Å². The summed E-state index contributed by atoms with van der Waals surface area (Å²) >= 11 is 6.05. The summed E-state index contributed by atoms with van der Waals surface area (Å²) in [7, 11) is -2.03. The SMILES string of the molecule is CCOCC(=O)N1CCC2(CC1)COc1cc(-c3ccc(Cl)cc3)ccc1S(=O)(=O)NCC(O)CN(C)C2. The third-order valence-electron chi connectivity index (χ3n) is 7.19. The van der Waals surface area contributed by atoms with Gasteiger partial charge < -0.3 is 24.4 Å². The number of nitrogens with one attached hydrogen (secondary N) is 1. The molecule has 2 N–H and O–H groups in total. The first-order valence-corrected chi connectivity index (χ1v) is 14.7. The Balaban J connectivity index is 1.64. The number of amides is 1. The third kappa shape index (κ3) is 7.05. The number of hydrogen-bond donors (Lipinski definition) is 2. The molecule has 1 saturated heterocycles. The van der Waals surface area contributed by atoms with Gasteiger partial charge in [0.15, 0.2) is 0 Å². The van der Waals surface area contributed by atoms with Crippen molar-refractivity contribution in [3.8, 4) is 16.9 Å². The average Bonchev–Trinajstić information content (AvgIpc) is 2.89. The minimum Gasteiger partial charge on any atom is -0.492 e. The standard InChI is InChI=1S/C27H36ClN3O6S/c1-3-36-17-26(33)31-12-10-27(11-13-31)18-30(2)16-23(32)15-29-38(34,35)25-9-6-21(14-24(25)37-19-27)20-4-7-22(28)8-5-20/h4-9,14,23,29,32H,3,10-13,15-19H2,1-2H3. The van der Waals surface area contributed by atoms with Crippen LogP contribution in [0.25, 0.3) is 11.1 Å². The summed E-state index contributed by atoms with van der Waals surface area (Å²) < 4.78 is 40.6. The van der Waals surface area contributed by atoms with Crippen LogP contribution in [0.3, 0.4) is 0 Å². The van der Waals surface area contributed by atoms with Crippen LogP contribution in [0.15, 0.2) is 47.4 Å². The summed E-state index contributed by atoms with van der Waals surface area (Å²) in [6.45, 7) is 4.63. The van der Waals surface area contributed by atoms with Crippen LogP contribution in [0, 0.1) is 5.41 Å². The fourth-order valence-corrected chi connectivity index (χ4v) is 6.42. The van der Waals surface area contributed by atoms with Gasteiger partial charge in [-0.05, 0) is 62.2 Å². The summed E-state index contributed by atoms with van der Waals surface area (Å²) in [5.74, 6) is 0.214. The molecule has 2 heterocycles. The fraction of sp³-hybridized carbons (Fsp3) is 0.519. The predicted octanol–water partition coefficient (Wildman–Crippen LogP) is 2.62. The minimum absolute atomic E-state index is 0.0239. The van der Waals surface area contributed by atoms with Gasteiger partial charge in [-0.1, -0.05) is 29.8 Å². The van der Waals surface area contributed by atoms with E-state index in [0.717, 1.165) is 11.1 Å². The zero-order chi connectivity index (χ0) is 27.3. The lowest BCUT2D eigenvalue weighted by molar-refractivity contribution is -0.139. The molecule has 0 radical (unpaired) electrons. The number of rotatable bonds is 4. The summed E-state index contributed by atoms with van der Waals surface area (Å²) in [6, 6.07) is 12.3. The molecule has 2 aliphatic rings. The number of nitrogens with zero attached hydrogens (tertiary/aromatic N) is 2. The number of fused-ring (bicyclic) bond motifs is 1. The Bertz CT molecular complexity index is 1220. The molecule has 0 aromatic heterocycles. The quantitative estimate of drug-likeness (QED) is 0.586. The number of likely N-dealkylation sites (N-methyl/N-ethyl adjacent to an activating group) is 1. The van der Waals surface area contributed by atoms with E-state index in [2.05, 4.69) is 4.72 Å². The second-order valence-corrected chi connectivity index (χ2v) is 12.3. The van der Waals surface area contributed by atoms with Crippen LogP contribution in [-0.4, -0.2) is 94.9 Å². The van der Waals surface area contributed by atoms with Crippen LogP contribution < -0.4 is 9.46 Å². The highest BCUT2D eigenvalue weighted by atomic mass is 35.5. The highest BCUT2D eigenvalue weighted by Crippen LogP contribution is 2.37. The van der Waals surface area contributed by atoms with Gasteiger partial charge in [-0.25, -0.2) is 13.1 Å². The number of likely N-dealkylation sites (tertiary alicyclic amines) is 1. The van der Waals surface area contributed by atoms with Crippen LogP contribution in [-0.2, 0) is 19.6 Å². The number of benzene rings is 2. The Kier molecular flexibility index (Phi) is 9.33. The van der Waals surface area contributed by atoms with E-state index >= 15 is 0 Å². The number of ether oxygens (including phenoxy) is 2. The molecule has 1 spiro atoms. The second kappa shape index (κ2) is 12.3. The lowest BCUT2D eigenvalue weighted by atomic mass is 9.78. The first-order chi connectivity index (χ1) is 18.1. The zero-order valence-electron chi connectivity index (χ0n) is 21.9. The molecule has 9 nitrogen and oxygen atoms in total. The van der Waals surface area contributed by atoms with Gasteiger partial charge in [0.2, 0.25) is 15.9 Å². The van der Waals surface area contributed by atoms with Crippen molar-refractivity contribution in [3.05, 3.63) is 47.5 Å². The number of aliphatic hydroxyl groups is 1. The topological polar surface area (TPSA) is 108 Å². The summed E-state index contributed by atoms with van der Waals surface area (Å²) in [4.78, 5) is 16.4. The van der Waals surface area contributed by atoms with E-state index in [1.54, 1.807) is 24.3 Å². The normalized spacial score (nSPS) is 22.1. The van der Waals surface area contributed by atoms with E-state index in [1.165, 1.54) is 6.07 Å². The van der Waals surface area contributed by atoms with Crippen LogP contribution in [0.5, 0.6) is 5.75 Å². The van der Waals surface area contributed by atoms with E-state index < -0.39 is 16.1 Å². The molecule has 2 aromatic carbocycles. The minimum atomic E-state index is -3.94. The van der Waals surface area contributed by atoms with Gasteiger partial charge in [-0.2, -0.15) is 0 Å². The van der Waals surface area contributed by atoms with E-state index in [9.17, 15) is 18.3 Å². The predicted molar refractivity (Wildman–Crippen MR) is 146 cm³/mol. The van der Waals surface area contributed by atoms with Crippen molar-refractivity contribution in [2.75, 3.05) is 59.6 Å². The van der Waals surface area contributed by atoms with E-state index in [0.29, 0.717) is 50.7 Å². The van der Waals surface area contributed by atoms with Crippen molar-refractivity contribution in [1.82, 2.24) is 14.5 Å². The van der Waals surface area contributed by atoms with Gasteiger partial charge in [0, 0.05) is 49.8 Å². The van der Waals surface area contributed by atoms with Gasteiger partial charge in [-0.15, -0.1) is 0 Å². The maximum Gasteiger partial charge on any atom is 0.248 e. The van der Waals surface area contributed by atoms with Gasteiger partial charge in [-0.3, -0.25) is 4.79 Å². The smallest absolute Gasteiger partial charge is 0.248 e. The monoisotopic (exact) mass is 565 g/mol. The number of aliphatic hydroxyl groups excluding tert-OH is 1. The molecule has 1 amide bonds. The lowest BCUT2D eigenvalue weighted by Crippen LogP contribution is -2.52. The van der Waals surface area contributed by atoms with E-state index in [1.807, 2.05) is 35.9 Å². The average molecular weight is 566 g/mol. The van der Waals surface area contributed by atoms with Gasteiger partial charge in [0.1, 0.15) is 17.3 Å². The number of sulfonamides is 1. The van der Waals surface area contributed by atoms with Crippen molar-refractivity contribution in [2.45, 2.75) is 30.8 Å². The fourth-order valence-electron chi connectivity index (χ4n) is 5.10. The first-order valence-electron chi connectivity index (χ1n) is 12.9. The maximum atomic E-state index is 13.2. The summed E-state index contributed by atoms with van der Waals surface area (Å²) in [5.41, 5.74) is 1.34. The Morgan fingerprint density at radius 2 is 1.87 bits per heavy atom. The third-order valence-corrected chi connectivity index (χ3v) is 8.90. The molecule has 2 aromatic rings. The molecule has 0 aliphatic carbocycles. The number of carbonyl (C=O) groups is 1. The Labute approximate surface area is 229 Å². The van der Waals surface area contributed by atoms with Crippen LogP contribution >= 0.6 is 11.6 Å². The van der Waals surface area contributed by atoms with Crippen LogP contribution in [0.2, 0.25) is 5.02 Å². The van der Waals surface area contributed by atoms with Gasteiger partial charge in [0.25, 0.3) is 0 Å². The number of carbonyl (C=O) groups excluding carboxylic acids is 1. The Morgan fingerprint density at radius 1 is 1.18 bits per heavy atom. The van der Waals surface area contributed by atoms with Crippen molar-refractivity contribution in [2.24, 2.45) is 5.41 Å². The van der Waals surface area contributed by atoms with Gasteiger partial charge in [0.05, 0.1) is 12.7 Å². The molecule has 0 bridgehead atoms. The lowest BCUT2D eigenvalue weighted by Gasteiger charge is -2.44. The molecule has 38 heavy (non-hydrogen) atoms. The highest BCUT2D eigenvalue weighted by Gasteiger charge is 2.39. The van der Waals surface area contributed by atoms with E-state index in [4.69, 9.17) is 21.1 Å². The largest absolute Gasteiger partial charge is 0.492 e. The zero-order valence-corrected chi connectivity index (χ0v) is 23.4. The van der Waals surface area contributed by atoms with Gasteiger partial charge >= 0.3 is 0 Å². The van der Waals surface area contributed by atoms with Crippen molar-refractivity contribution >= 4 is 27.5 Å².